The Bertz CT molecular complexity index is 499. The number of hydrogen-bond donors (Lipinski definition) is 0. The summed E-state index contributed by atoms with van der Waals surface area (Å²) in [6.07, 6.45) is 0. The molecule has 0 saturated heterocycles. The third-order valence-corrected chi connectivity index (χ3v) is 2.01. The topological polar surface area (TPSA) is 39.4 Å². The van der Waals surface area contributed by atoms with Gasteiger partial charge >= 0.3 is 5.63 Å². The smallest absolute Gasteiger partial charge is 0.341 e. The van der Waals surface area contributed by atoms with Crippen molar-refractivity contribution in [3.63, 3.8) is 0 Å². The van der Waals surface area contributed by atoms with Gasteiger partial charge in [0.2, 0.25) is 0 Å². The zero-order chi connectivity index (χ0) is 9.97. The minimum absolute atomic E-state index is 0.285. The molecule has 0 N–H and O–H groups in total. The normalized spacial score (nSPS) is 10.6. The van der Waals surface area contributed by atoms with Crippen molar-refractivity contribution >= 4 is 11.0 Å². The highest BCUT2D eigenvalue weighted by Gasteiger charge is 2.03. The lowest BCUT2D eigenvalue weighted by Gasteiger charge is -1.99. The minimum Gasteiger partial charge on any atom is -0.422 e. The second-order valence-corrected chi connectivity index (χ2v) is 3.03. The fourth-order valence-corrected chi connectivity index (χ4v) is 1.36. The molecule has 0 bridgehead atoms. The zero-order valence-electron chi connectivity index (χ0n) is 7.82. The van der Waals surface area contributed by atoms with Gasteiger partial charge in [-0.05, 0) is 12.1 Å². The van der Waals surface area contributed by atoms with Gasteiger partial charge in [0.1, 0.15) is 5.58 Å². The molecule has 1 heterocycles. The summed E-state index contributed by atoms with van der Waals surface area (Å²) in [7, 11) is 1.55. The Morgan fingerprint density at radius 2 is 2.14 bits per heavy atom. The summed E-state index contributed by atoms with van der Waals surface area (Å²) in [6, 6.07) is 9.20. The molecule has 2 aromatic rings. The van der Waals surface area contributed by atoms with Crippen LogP contribution in [0.2, 0.25) is 0 Å². The highest BCUT2D eigenvalue weighted by Crippen LogP contribution is 2.12. The van der Waals surface area contributed by atoms with Gasteiger partial charge in [-0.3, -0.25) is 0 Å². The average Bonchev–Trinajstić information content (AvgIpc) is 2.19. The van der Waals surface area contributed by atoms with Gasteiger partial charge in [0.15, 0.2) is 0 Å². The number of fused-ring (bicyclic) bond motifs is 1. The van der Waals surface area contributed by atoms with Crippen molar-refractivity contribution in [2.75, 3.05) is 7.11 Å². The molecule has 0 saturated carbocycles. The predicted octanol–water partition coefficient (Wildman–Crippen LogP) is 1.94. The van der Waals surface area contributed by atoms with Gasteiger partial charge in [0.05, 0.1) is 12.2 Å². The molecule has 72 valence electrons. The fourth-order valence-electron chi connectivity index (χ4n) is 1.36. The Balaban J connectivity index is 2.65. The van der Waals surface area contributed by atoms with Gasteiger partial charge in [-0.25, -0.2) is 4.79 Å². The Morgan fingerprint density at radius 3 is 2.93 bits per heavy atom. The van der Waals surface area contributed by atoms with Crippen molar-refractivity contribution < 1.29 is 9.15 Å². The van der Waals surface area contributed by atoms with E-state index in [0.29, 0.717) is 11.1 Å². The van der Waals surface area contributed by atoms with Crippen LogP contribution in [0.15, 0.2) is 39.5 Å². The largest absolute Gasteiger partial charge is 0.422 e. The first-order chi connectivity index (χ1) is 6.81. The van der Waals surface area contributed by atoms with Crippen LogP contribution in [0.4, 0.5) is 0 Å². The summed E-state index contributed by atoms with van der Waals surface area (Å²) >= 11 is 0. The van der Waals surface area contributed by atoms with Gasteiger partial charge < -0.3 is 9.15 Å². The quantitative estimate of drug-likeness (QED) is 0.679. The summed E-state index contributed by atoms with van der Waals surface area (Å²) in [5.41, 5.74) is 0.828. The second-order valence-electron chi connectivity index (χ2n) is 3.03. The van der Waals surface area contributed by atoms with Crippen molar-refractivity contribution in [2.24, 2.45) is 0 Å². The molecule has 1 aromatic carbocycles. The van der Waals surface area contributed by atoms with E-state index in [0.717, 1.165) is 5.39 Å². The van der Waals surface area contributed by atoms with E-state index < -0.39 is 0 Å². The third kappa shape index (κ3) is 1.54. The van der Waals surface area contributed by atoms with E-state index in [9.17, 15) is 4.79 Å². The molecule has 0 radical (unpaired) electrons. The van der Waals surface area contributed by atoms with E-state index in [-0.39, 0.29) is 12.2 Å². The number of benzene rings is 1. The average molecular weight is 190 g/mol. The zero-order valence-corrected chi connectivity index (χ0v) is 7.82. The van der Waals surface area contributed by atoms with Crippen LogP contribution < -0.4 is 5.63 Å². The van der Waals surface area contributed by atoms with Gasteiger partial charge in [0, 0.05) is 12.5 Å². The van der Waals surface area contributed by atoms with E-state index in [4.69, 9.17) is 9.15 Å². The van der Waals surface area contributed by atoms with Crippen molar-refractivity contribution in [3.8, 4) is 0 Å². The monoisotopic (exact) mass is 190 g/mol. The molecule has 2 rings (SSSR count). The van der Waals surface area contributed by atoms with Crippen LogP contribution in [-0.2, 0) is 11.3 Å². The van der Waals surface area contributed by atoms with Crippen LogP contribution in [0.5, 0.6) is 0 Å². The number of rotatable bonds is 2. The lowest BCUT2D eigenvalue weighted by atomic mass is 10.2. The maximum Gasteiger partial charge on any atom is 0.341 e. The SMILES string of the molecule is COCc1cc2ccccc2oc1=O. The molecule has 1 aromatic heterocycles. The molecule has 0 atom stereocenters. The summed E-state index contributed by atoms with van der Waals surface area (Å²) in [6.45, 7) is 0.285. The van der Waals surface area contributed by atoms with Gasteiger partial charge in [-0.1, -0.05) is 18.2 Å². The number of ether oxygens (including phenoxy) is 1. The third-order valence-electron chi connectivity index (χ3n) is 2.01. The number of para-hydroxylation sites is 1. The second kappa shape index (κ2) is 3.64. The molecule has 0 amide bonds. The van der Waals surface area contributed by atoms with E-state index >= 15 is 0 Å². The summed E-state index contributed by atoms with van der Waals surface area (Å²) < 4.78 is 10.0. The Kier molecular flexibility index (Phi) is 2.33. The Labute approximate surface area is 80.9 Å². The Morgan fingerprint density at radius 1 is 1.36 bits per heavy atom. The van der Waals surface area contributed by atoms with E-state index in [2.05, 4.69) is 0 Å². The first-order valence-corrected chi connectivity index (χ1v) is 4.32. The lowest BCUT2D eigenvalue weighted by Crippen LogP contribution is -2.07. The summed E-state index contributed by atoms with van der Waals surface area (Å²) in [5.74, 6) is 0. The van der Waals surface area contributed by atoms with E-state index in [1.807, 2.05) is 18.2 Å². The van der Waals surface area contributed by atoms with Crippen LogP contribution in [-0.4, -0.2) is 7.11 Å². The highest BCUT2D eigenvalue weighted by molar-refractivity contribution is 5.76. The molecular weight excluding hydrogens is 180 g/mol. The van der Waals surface area contributed by atoms with Gasteiger partial charge in [-0.2, -0.15) is 0 Å². The van der Waals surface area contributed by atoms with E-state index in [1.54, 1.807) is 19.2 Å². The standard InChI is InChI=1S/C11H10O3/c1-13-7-9-6-8-4-2-3-5-10(8)14-11(9)12/h2-6H,7H2,1H3. The maximum atomic E-state index is 11.4. The molecule has 0 aliphatic carbocycles. The molecule has 0 fully saturated rings. The first-order valence-electron chi connectivity index (χ1n) is 4.32. The minimum atomic E-state index is -0.328. The van der Waals surface area contributed by atoms with Crippen molar-refractivity contribution in [2.45, 2.75) is 6.61 Å². The molecule has 3 heteroatoms. The van der Waals surface area contributed by atoms with Gasteiger partial charge in [0.25, 0.3) is 0 Å². The number of methoxy groups -OCH3 is 1. The molecule has 0 unspecified atom stereocenters. The van der Waals surface area contributed by atoms with Crippen LogP contribution in [0.1, 0.15) is 5.56 Å². The molecule has 0 aliphatic rings. The van der Waals surface area contributed by atoms with Crippen molar-refractivity contribution in [3.05, 3.63) is 46.3 Å². The van der Waals surface area contributed by atoms with Crippen LogP contribution >= 0.6 is 0 Å². The Hall–Kier alpha value is -1.61. The van der Waals surface area contributed by atoms with Crippen LogP contribution in [0.3, 0.4) is 0 Å². The summed E-state index contributed by atoms with van der Waals surface area (Å²) in [4.78, 5) is 11.4. The maximum absolute atomic E-state index is 11.4. The van der Waals surface area contributed by atoms with Crippen molar-refractivity contribution in [1.29, 1.82) is 0 Å². The van der Waals surface area contributed by atoms with Gasteiger partial charge in [-0.15, -0.1) is 0 Å². The van der Waals surface area contributed by atoms with Crippen LogP contribution in [0, 0.1) is 0 Å². The fraction of sp³-hybridized carbons (Fsp3) is 0.182. The molecule has 0 spiro atoms. The highest BCUT2D eigenvalue weighted by atomic mass is 16.5. The predicted molar refractivity (Wildman–Crippen MR) is 53.2 cm³/mol. The molecule has 14 heavy (non-hydrogen) atoms. The lowest BCUT2D eigenvalue weighted by molar-refractivity contribution is 0.182. The number of hydrogen-bond acceptors (Lipinski definition) is 3. The molecule has 0 aliphatic heterocycles. The molecular formula is C11H10O3. The van der Waals surface area contributed by atoms with Crippen LogP contribution in [0.25, 0.3) is 11.0 Å². The summed E-state index contributed by atoms with van der Waals surface area (Å²) in [5, 5.41) is 0.916. The first kappa shape index (κ1) is 8.97. The van der Waals surface area contributed by atoms with E-state index in [1.165, 1.54) is 0 Å². The van der Waals surface area contributed by atoms with Crippen molar-refractivity contribution in [1.82, 2.24) is 0 Å². The molecule has 3 nitrogen and oxygen atoms in total.